The van der Waals surface area contributed by atoms with E-state index < -0.39 is 6.17 Å². The summed E-state index contributed by atoms with van der Waals surface area (Å²) in [6.45, 7) is 0.410. The van der Waals surface area contributed by atoms with Gasteiger partial charge in [-0.25, -0.2) is 4.39 Å². The van der Waals surface area contributed by atoms with Crippen molar-refractivity contribution in [1.82, 2.24) is 5.32 Å². The zero-order valence-electron chi connectivity index (χ0n) is 9.41. The fraction of sp³-hybridized carbons (Fsp3) is 0.286. The summed E-state index contributed by atoms with van der Waals surface area (Å²) in [7, 11) is 1.77. The van der Waals surface area contributed by atoms with Crippen LogP contribution >= 0.6 is 0 Å². The molecule has 2 heteroatoms. The van der Waals surface area contributed by atoms with E-state index in [1.54, 1.807) is 7.05 Å². The van der Waals surface area contributed by atoms with Crippen LogP contribution in [0.15, 0.2) is 42.5 Å². The monoisotopic (exact) mass is 217 g/mol. The van der Waals surface area contributed by atoms with E-state index in [1.807, 2.05) is 18.2 Å². The second kappa shape index (κ2) is 5.08. The van der Waals surface area contributed by atoms with Gasteiger partial charge in [0.1, 0.15) is 6.17 Å². The number of hydrogen-bond acceptors (Lipinski definition) is 1. The van der Waals surface area contributed by atoms with Crippen molar-refractivity contribution in [2.75, 3.05) is 13.6 Å². The van der Waals surface area contributed by atoms with Crippen molar-refractivity contribution in [3.63, 3.8) is 0 Å². The highest BCUT2D eigenvalue weighted by Gasteiger charge is 2.06. The second-order valence-electron chi connectivity index (χ2n) is 4.04. The molecule has 1 nitrogen and oxygen atoms in total. The predicted molar refractivity (Wildman–Crippen MR) is 66.5 cm³/mol. The van der Waals surface area contributed by atoms with Crippen LogP contribution in [-0.4, -0.2) is 19.8 Å². The molecule has 0 aliphatic carbocycles. The third kappa shape index (κ3) is 2.58. The van der Waals surface area contributed by atoms with Gasteiger partial charge in [0.25, 0.3) is 0 Å². The summed E-state index contributed by atoms with van der Waals surface area (Å²) in [5.74, 6) is 0. The van der Waals surface area contributed by atoms with Crippen molar-refractivity contribution in [2.45, 2.75) is 12.6 Å². The van der Waals surface area contributed by atoms with Gasteiger partial charge in [-0.3, -0.25) is 0 Å². The predicted octanol–water partition coefficient (Wildman–Crippen LogP) is 2.94. The van der Waals surface area contributed by atoms with E-state index in [1.165, 1.54) is 10.8 Å². The number of nitrogens with one attached hydrogen (secondary N) is 1. The molecule has 0 radical (unpaired) electrons. The zero-order valence-corrected chi connectivity index (χ0v) is 9.41. The van der Waals surface area contributed by atoms with Gasteiger partial charge in [-0.15, -0.1) is 0 Å². The molecule has 0 spiro atoms. The Kier molecular flexibility index (Phi) is 3.52. The van der Waals surface area contributed by atoms with Crippen LogP contribution in [0.1, 0.15) is 5.56 Å². The van der Waals surface area contributed by atoms with Crippen LogP contribution in [0.2, 0.25) is 0 Å². The fourth-order valence-electron chi connectivity index (χ4n) is 1.92. The molecule has 0 unspecified atom stereocenters. The Morgan fingerprint density at radius 1 is 1.12 bits per heavy atom. The lowest BCUT2D eigenvalue weighted by Gasteiger charge is -2.08. The van der Waals surface area contributed by atoms with Gasteiger partial charge in [-0.05, 0) is 23.4 Å². The van der Waals surface area contributed by atoms with Gasteiger partial charge in [0, 0.05) is 13.0 Å². The SMILES string of the molecule is CNC[C@@H](F)Cc1ccc2ccccc2c1. The Balaban J connectivity index is 2.19. The van der Waals surface area contributed by atoms with Gasteiger partial charge in [-0.2, -0.15) is 0 Å². The van der Waals surface area contributed by atoms with E-state index in [4.69, 9.17) is 0 Å². The van der Waals surface area contributed by atoms with Crippen LogP contribution in [0.3, 0.4) is 0 Å². The quantitative estimate of drug-likeness (QED) is 0.830. The summed E-state index contributed by atoms with van der Waals surface area (Å²) < 4.78 is 13.4. The lowest BCUT2D eigenvalue weighted by molar-refractivity contribution is 0.324. The van der Waals surface area contributed by atoms with Crippen LogP contribution in [0.5, 0.6) is 0 Å². The first-order chi connectivity index (χ1) is 7.79. The molecule has 2 rings (SSSR count). The number of halogens is 1. The Labute approximate surface area is 95.3 Å². The Hall–Kier alpha value is -1.41. The Morgan fingerprint density at radius 3 is 2.62 bits per heavy atom. The molecule has 0 aliphatic rings. The van der Waals surface area contributed by atoms with Crippen molar-refractivity contribution < 1.29 is 4.39 Å². The van der Waals surface area contributed by atoms with Crippen LogP contribution in [0.25, 0.3) is 10.8 Å². The van der Waals surface area contributed by atoms with Crippen LogP contribution in [0.4, 0.5) is 4.39 Å². The molecule has 0 saturated heterocycles. The number of alkyl halides is 1. The highest BCUT2D eigenvalue weighted by Crippen LogP contribution is 2.17. The first-order valence-electron chi connectivity index (χ1n) is 5.56. The largest absolute Gasteiger partial charge is 0.317 e. The molecular formula is C14H16FN. The molecular weight excluding hydrogens is 201 g/mol. The van der Waals surface area contributed by atoms with E-state index >= 15 is 0 Å². The summed E-state index contributed by atoms with van der Waals surface area (Å²) in [4.78, 5) is 0. The summed E-state index contributed by atoms with van der Waals surface area (Å²) in [5, 5.41) is 5.23. The molecule has 2 aromatic carbocycles. The van der Waals surface area contributed by atoms with Crippen LogP contribution in [-0.2, 0) is 6.42 Å². The fourth-order valence-corrected chi connectivity index (χ4v) is 1.92. The van der Waals surface area contributed by atoms with Gasteiger partial charge >= 0.3 is 0 Å². The average Bonchev–Trinajstić information content (AvgIpc) is 2.29. The van der Waals surface area contributed by atoms with E-state index in [0.29, 0.717) is 13.0 Å². The Morgan fingerprint density at radius 2 is 1.88 bits per heavy atom. The van der Waals surface area contributed by atoms with E-state index in [2.05, 4.69) is 29.6 Å². The molecule has 0 heterocycles. The Bertz CT molecular complexity index is 467. The number of hydrogen-bond donors (Lipinski definition) is 1. The molecule has 0 fully saturated rings. The number of rotatable bonds is 4. The van der Waals surface area contributed by atoms with Crippen molar-refractivity contribution in [2.24, 2.45) is 0 Å². The maximum atomic E-state index is 13.4. The van der Waals surface area contributed by atoms with Gasteiger partial charge in [0.15, 0.2) is 0 Å². The first-order valence-corrected chi connectivity index (χ1v) is 5.56. The molecule has 84 valence electrons. The van der Waals surface area contributed by atoms with Crippen molar-refractivity contribution in [3.05, 3.63) is 48.0 Å². The van der Waals surface area contributed by atoms with Crippen molar-refractivity contribution >= 4 is 10.8 Å². The van der Waals surface area contributed by atoms with Gasteiger partial charge < -0.3 is 5.32 Å². The molecule has 0 saturated carbocycles. The normalized spacial score (nSPS) is 12.9. The lowest BCUT2D eigenvalue weighted by atomic mass is 10.0. The molecule has 1 N–H and O–H groups in total. The highest BCUT2D eigenvalue weighted by atomic mass is 19.1. The third-order valence-corrected chi connectivity index (χ3v) is 2.70. The minimum atomic E-state index is -0.814. The van der Waals surface area contributed by atoms with Crippen molar-refractivity contribution in [3.8, 4) is 0 Å². The molecule has 0 amide bonds. The average molecular weight is 217 g/mol. The van der Waals surface area contributed by atoms with E-state index in [9.17, 15) is 4.39 Å². The molecule has 0 bridgehead atoms. The topological polar surface area (TPSA) is 12.0 Å². The number of benzene rings is 2. The lowest BCUT2D eigenvalue weighted by Crippen LogP contribution is -2.21. The minimum absolute atomic E-state index is 0.410. The molecule has 16 heavy (non-hydrogen) atoms. The van der Waals surface area contributed by atoms with Crippen molar-refractivity contribution in [1.29, 1.82) is 0 Å². The molecule has 1 atom stereocenters. The third-order valence-electron chi connectivity index (χ3n) is 2.70. The first kappa shape index (κ1) is 11.1. The maximum Gasteiger partial charge on any atom is 0.116 e. The highest BCUT2D eigenvalue weighted by molar-refractivity contribution is 5.82. The van der Waals surface area contributed by atoms with Gasteiger partial charge in [0.2, 0.25) is 0 Å². The van der Waals surface area contributed by atoms with Gasteiger partial charge in [0.05, 0.1) is 0 Å². The minimum Gasteiger partial charge on any atom is -0.317 e. The molecule has 0 aromatic heterocycles. The van der Waals surface area contributed by atoms with Crippen LogP contribution < -0.4 is 5.32 Å². The van der Waals surface area contributed by atoms with Crippen LogP contribution in [0, 0.1) is 0 Å². The second-order valence-corrected chi connectivity index (χ2v) is 4.04. The van der Waals surface area contributed by atoms with Gasteiger partial charge in [-0.1, -0.05) is 42.5 Å². The van der Waals surface area contributed by atoms with E-state index in [-0.39, 0.29) is 0 Å². The van der Waals surface area contributed by atoms with E-state index in [0.717, 1.165) is 5.56 Å². The summed E-state index contributed by atoms with van der Waals surface area (Å²) in [6, 6.07) is 14.3. The standard InChI is InChI=1S/C14H16FN/c1-16-10-14(15)9-11-6-7-12-4-2-3-5-13(12)8-11/h2-8,14,16H,9-10H2,1H3/t14-/m0/s1. The summed E-state index contributed by atoms with van der Waals surface area (Å²) in [5.41, 5.74) is 1.06. The zero-order chi connectivity index (χ0) is 11.4. The summed E-state index contributed by atoms with van der Waals surface area (Å²) in [6.07, 6.45) is -0.336. The number of fused-ring (bicyclic) bond motifs is 1. The molecule has 2 aromatic rings. The molecule has 0 aliphatic heterocycles. The summed E-state index contributed by atoms with van der Waals surface area (Å²) >= 11 is 0. The smallest absolute Gasteiger partial charge is 0.116 e. The maximum absolute atomic E-state index is 13.4.